The number of ether oxygens (including phenoxy) is 1. The van der Waals surface area contributed by atoms with Crippen LogP contribution in [0.15, 0.2) is 18.2 Å². The maximum atomic E-state index is 12.5. The van der Waals surface area contributed by atoms with Crippen molar-refractivity contribution >= 4 is 34.9 Å². The van der Waals surface area contributed by atoms with Gasteiger partial charge in [0.1, 0.15) is 5.82 Å². The van der Waals surface area contributed by atoms with E-state index in [2.05, 4.69) is 19.2 Å². The van der Waals surface area contributed by atoms with Crippen molar-refractivity contribution in [2.45, 2.75) is 65.5 Å². The van der Waals surface area contributed by atoms with Crippen molar-refractivity contribution in [3.63, 3.8) is 0 Å². The van der Waals surface area contributed by atoms with Gasteiger partial charge in [0.15, 0.2) is 0 Å². The summed E-state index contributed by atoms with van der Waals surface area (Å²) in [7, 11) is 0. The van der Waals surface area contributed by atoms with E-state index in [4.69, 9.17) is 37.9 Å². The first-order valence-electron chi connectivity index (χ1n) is 11.4. The zero-order valence-corrected chi connectivity index (χ0v) is 20.8. The van der Waals surface area contributed by atoms with Gasteiger partial charge in [0.2, 0.25) is 5.91 Å². The lowest BCUT2D eigenvalue weighted by Gasteiger charge is -2.22. The molecule has 1 N–H and O–H groups in total. The van der Waals surface area contributed by atoms with E-state index in [-0.39, 0.29) is 18.1 Å². The van der Waals surface area contributed by atoms with Gasteiger partial charge in [-0.15, -0.1) is 0 Å². The number of anilines is 1. The molecular formula is C24H32Cl2N4O2. The number of hydrogen-bond acceptors (Lipinski definition) is 5. The summed E-state index contributed by atoms with van der Waals surface area (Å²) in [5.41, 5.74) is 3.32. The van der Waals surface area contributed by atoms with Gasteiger partial charge in [0, 0.05) is 36.7 Å². The molecule has 2 heterocycles. The first-order valence-corrected chi connectivity index (χ1v) is 12.2. The summed E-state index contributed by atoms with van der Waals surface area (Å²) in [6.45, 7) is 9.90. The van der Waals surface area contributed by atoms with Crippen molar-refractivity contribution < 1.29 is 9.53 Å². The molecule has 1 fully saturated rings. The molecule has 0 radical (unpaired) electrons. The average molecular weight is 479 g/mol. The summed E-state index contributed by atoms with van der Waals surface area (Å²) in [4.78, 5) is 24.2. The Kier molecular flexibility index (Phi) is 8.74. The highest BCUT2D eigenvalue weighted by molar-refractivity contribution is 6.36. The maximum Gasteiger partial charge on any atom is 0.222 e. The van der Waals surface area contributed by atoms with Crippen LogP contribution in [-0.4, -0.2) is 52.6 Å². The van der Waals surface area contributed by atoms with Gasteiger partial charge in [-0.25, -0.2) is 9.97 Å². The molecule has 1 aliphatic heterocycles. The van der Waals surface area contributed by atoms with Crippen LogP contribution in [0.2, 0.25) is 10.0 Å². The molecule has 2 unspecified atom stereocenters. The molecule has 0 saturated carbocycles. The van der Waals surface area contributed by atoms with Crippen molar-refractivity contribution in [2.75, 3.05) is 25.0 Å². The Balaban J connectivity index is 1.92. The molecule has 1 aliphatic rings. The predicted molar refractivity (Wildman–Crippen MR) is 131 cm³/mol. The highest BCUT2D eigenvalue weighted by Crippen LogP contribution is 2.33. The van der Waals surface area contributed by atoms with Crippen LogP contribution in [-0.2, 0) is 22.4 Å². The van der Waals surface area contributed by atoms with Crippen molar-refractivity contribution in [3.8, 4) is 11.3 Å². The van der Waals surface area contributed by atoms with E-state index in [0.29, 0.717) is 49.0 Å². The molecule has 0 spiro atoms. The second kappa shape index (κ2) is 11.3. The Morgan fingerprint density at radius 1 is 1.12 bits per heavy atom. The van der Waals surface area contributed by atoms with Crippen molar-refractivity contribution in [1.29, 1.82) is 0 Å². The van der Waals surface area contributed by atoms with Crippen molar-refractivity contribution in [2.24, 2.45) is 0 Å². The average Bonchev–Trinajstić information content (AvgIpc) is 3.16. The minimum absolute atomic E-state index is 0.0370. The molecule has 2 atom stereocenters. The Labute approximate surface area is 200 Å². The molecule has 3 rings (SSSR count). The number of rotatable bonds is 9. The molecule has 32 heavy (non-hydrogen) atoms. The number of nitrogens with zero attached hydrogens (tertiary/aromatic N) is 3. The van der Waals surface area contributed by atoms with Gasteiger partial charge in [-0.3, -0.25) is 4.79 Å². The van der Waals surface area contributed by atoms with Crippen LogP contribution in [0.1, 0.15) is 51.9 Å². The molecule has 1 saturated heterocycles. The second-order valence-electron chi connectivity index (χ2n) is 7.94. The molecule has 0 aliphatic carbocycles. The Hall–Kier alpha value is -1.89. The summed E-state index contributed by atoms with van der Waals surface area (Å²) in [6, 6.07) is 5.39. The smallest absolute Gasteiger partial charge is 0.222 e. The number of carbonyl (C=O) groups excluding carboxylic acids is 1. The molecular weight excluding hydrogens is 447 g/mol. The lowest BCUT2D eigenvalue weighted by molar-refractivity contribution is -0.130. The zero-order chi connectivity index (χ0) is 23.3. The number of aryl methyl sites for hydroxylation is 2. The molecule has 1 amide bonds. The highest BCUT2D eigenvalue weighted by Gasteiger charge is 2.36. The number of halogens is 2. The topological polar surface area (TPSA) is 67.4 Å². The van der Waals surface area contributed by atoms with E-state index in [0.717, 1.165) is 34.9 Å². The van der Waals surface area contributed by atoms with Crippen molar-refractivity contribution in [3.05, 3.63) is 39.6 Å². The fourth-order valence-electron chi connectivity index (χ4n) is 4.06. The number of likely N-dealkylation sites (tertiary alicyclic amines) is 1. The van der Waals surface area contributed by atoms with Gasteiger partial charge in [-0.2, -0.15) is 0 Å². The van der Waals surface area contributed by atoms with Crippen LogP contribution in [0.3, 0.4) is 0 Å². The lowest BCUT2D eigenvalue weighted by atomic mass is 10.1. The third kappa shape index (κ3) is 5.53. The quantitative estimate of drug-likeness (QED) is 0.522. The van der Waals surface area contributed by atoms with E-state index >= 15 is 0 Å². The first kappa shape index (κ1) is 24.7. The van der Waals surface area contributed by atoms with Gasteiger partial charge < -0.3 is 15.0 Å². The predicted octanol–water partition coefficient (Wildman–Crippen LogP) is 5.40. The summed E-state index contributed by atoms with van der Waals surface area (Å²) in [5.74, 6) is 0.919. The molecule has 2 aromatic rings. The van der Waals surface area contributed by atoms with Crippen LogP contribution >= 0.6 is 23.2 Å². The Morgan fingerprint density at radius 2 is 1.88 bits per heavy atom. The summed E-state index contributed by atoms with van der Waals surface area (Å²) < 4.78 is 5.96. The zero-order valence-electron chi connectivity index (χ0n) is 19.3. The summed E-state index contributed by atoms with van der Waals surface area (Å²) >= 11 is 12.5. The highest BCUT2D eigenvalue weighted by atomic mass is 35.5. The standard InChI is InChI=1S/C24H32Cl2N4O2/c1-5-9-22(31)30-13-20(21(14-30)32-8-4)29-24-19(7-3)27-23(18(6-2)28-24)16-11-10-15(25)12-17(16)26/h10-12,20-21H,5-9,13-14H2,1-4H3,(H,28,29). The van der Waals surface area contributed by atoms with E-state index < -0.39 is 0 Å². The van der Waals surface area contributed by atoms with E-state index in [1.807, 2.05) is 30.9 Å². The number of amides is 1. The van der Waals surface area contributed by atoms with Gasteiger partial charge in [-0.05, 0) is 44.4 Å². The van der Waals surface area contributed by atoms with Crippen LogP contribution in [0.4, 0.5) is 5.82 Å². The largest absolute Gasteiger partial charge is 0.374 e. The molecule has 1 aromatic carbocycles. The van der Waals surface area contributed by atoms with E-state index in [1.165, 1.54) is 0 Å². The minimum Gasteiger partial charge on any atom is -0.374 e. The van der Waals surface area contributed by atoms with Gasteiger partial charge in [0.05, 0.1) is 34.3 Å². The summed E-state index contributed by atoms with van der Waals surface area (Å²) in [6.07, 6.45) is 2.74. The fraction of sp³-hybridized carbons (Fsp3) is 0.542. The number of benzene rings is 1. The van der Waals surface area contributed by atoms with Crippen LogP contribution < -0.4 is 5.32 Å². The summed E-state index contributed by atoms with van der Waals surface area (Å²) in [5, 5.41) is 4.70. The Morgan fingerprint density at radius 3 is 2.50 bits per heavy atom. The van der Waals surface area contributed by atoms with Crippen molar-refractivity contribution in [1.82, 2.24) is 14.9 Å². The Bertz CT molecular complexity index is 954. The molecule has 6 nitrogen and oxygen atoms in total. The number of hydrogen-bond donors (Lipinski definition) is 1. The number of aromatic nitrogens is 2. The second-order valence-corrected chi connectivity index (χ2v) is 8.78. The minimum atomic E-state index is -0.0808. The fourth-order valence-corrected chi connectivity index (χ4v) is 4.56. The first-order chi connectivity index (χ1) is 15.4. The number of nitrogens with one attached hydrogen (secondary N) is 1. The van der Waals surface area contributed by atoms with Crippen LogP contribution in [0.25, 0.3) is 11.3 Å². The lowest BCUT2D eigenvalue weighted by Crippen LogP contribution is -2.35. The third-order valence-electron chi connectivity index (χ3n) is 5.68. The molecule has 8 heteroatoms. The number of carbonyl (C=O) groups is 1. The van der Waals surface area contributed by atoms with Crippen LogP contribution in [0, 0.1) is 0 Å². The van der Waals surface area contributed by atoms with Crippen LogP contribution in [0.5, 0.6) is 0 Å². The van der Waals surface area contributed by atoms with E-state index in [1.54, 1.807) is 6.07 Å². The molecule has 1 aromatic heterocycles. The molecule has 174 valence electrons. The monoisotopic (exact) mass is 478 g/mol. The molecule has 0 bridgehead atoms. The maximum absolute atomic E-state index is 12.5. The SMILES string of the molecule is CCCC(=O)N1CC(Nc2nc(CC)c(-c3ccc(Cl)cc3Cl)nc2CC)C(OCC)C1. The third-order valence-corrected chi connectivity index (χ3v) is 6.23. The normalized spacial score (nSPS) is 18.2. The van der Waals surface area contributed by atoms with Gasteiger partial charge >= 0.3 is 0 Å². The van der Waals surface area contributed by atoms with Gasteiger partial charge in [0.25, 0.3) is 0 Å². The van der Waals surface area contributed by atoms with Gasteiger partial charge in [-0.1, -0.05) is 44.0 Å². The van der Waals surface area contributed by atoms with E-state index in [9.17, 15) is 4.79 Å².